The zero-order valence-corrected chi connectivity index (χ0v) is 14.4. The zero-order chi connectivity index (χ0) is 17.2. The zero-order valence-electron chi connectivity index (χ0n) is 14.4. The number of carbonyl (C=O) groups excluding carboxylic acids is 1. The summed E-state index contributed by atoms with van der Waals surface area (Å²) in [6.45, 7) is -0.00178. The van der Waals surface area contributed by atoms with E-state index in [2.05, 4.69) is 22.5 Å². The van der Waals surface area contributed by atoms with E-state index in [9.17, 15) is 9.90 Å². The Morgan fingerprint density at radius 3 is 2.76 bits per heavy atom. The van der Waals surface area contributed by atoms with Gasteiger partial charge in [0.25, 0.3) is 0 Å². The van der Waals surface area contributed by atoms with E-state index in [4.69, 9.17) is 5.73 Å². The molecule has 4 bridgehead atoms. The van der Waals surface area contributed by atoms with Crippen molar-refractivity contribution in [2.45, 2.75) is 50.2 Å². The highest BCUT2D eigenvalue weighted by Crippen LogP contribution is 2.56. The molecule has 0 radical (unpaired) electrons. The normalized spacial score (nSPS) is 37.4. The number of hydrogen-bond donors (Lipinski definition) is 3. The molecule has 6 rings (SSSR count). The Bertz CT molecular complexity index is 756. The van der Waals surface area contributed by atoms with Crippen molar-refractivity contribution in [1.82, 2.24) is 4.98 Å². The number of hydrogen-bond acceptors (Lipinski definition) is 5. The number of carbonyl (C=O) groups is 1. The number of fused-ring (bicyclic) bond motifs is 1. The highest BCUT2D eigenvalue weighted by Gasteiger charge is 2.54. The van der Waals surface area contributed by atoms with Crippen LogP contribution in [0.1, 0.15) is 53.7 Å². The Hall–Kier alpha value is -1.72. The molecule has 5 aliphatic carbocycles. The molecule has 4 saturated carbocycles. The molecule has 5 atom stereocenters. The number of rotatable bonds is 4. The van der Waals surface area contributed by atoms with Crippen LogP contribution in [0.15, 0.2) is 12.3 Å². The Labute approximate surface area is 147 Å². The van der Waals surface area contributed by atoms with Crippen molar-refractivity contribution in [3.05, 3.63) is 29.1 Å². The third-order valence-corrected chi connectivity index (χ3v) is 6.83. The van der Waals surface area contributed by atoms with E-state index in [0.29, 0.717) is 29.4 Å². The standard InChI is InChI=1S/C20H25N3O2/c21-9-17(24)15-10-22-16-3-1-2-14(16)19(15)23-18-12-4-11-5-13(18)8-20(25,6-11)7-12/h1-2,10-13,18,25H,3-9,21H2,(H,22,23)/t11?,12-,13+,18?,20?. The van der Waals surface area contributed by atoms with Crippen LogP contribution in [0.5, 0.6) is 0 Å². The van der Waals surface area contributed by atoms with E-state index < -0.39 is 5.60 Å². The number of ketones is 1. The summed E-state index contributed by atoms with van der Waals surface area (Å²) in [6.07, 6.45) is 11.8. The lowest BCUT2D eigenvalue weighted by atomic mass is 9.52. The molecule has 0 amide bonds. The fourth-order valence-corrected chi connectivity index (χ4v) is 6.06. The number of nitrogens with two attached hydrogens (primary N) is 1. The van der Waals surface area contributed by atoms with Gasteiger partial charge in [-0.05, 0) is 49.9 Å². The number of nitrogens with one attached hydrogen (secondary N) is 1. The molecule has 5 heteroatoms. The van der Waals surface area contributed by atoms with Gasteiger partial charge in [-0.3, -0.25) is 9.78 Å². The average Bonchev–Trinajstić information content (AvgIpc) is 3.04. The van der Waals surface area contributed by atoms with Gasteiger partial charge in [0.2, 0.25) is 0 Å². The van der Waals surface area contributed by atoms with Crippen LogP contribution in [0.4, 0.5) is 5.69 Å². The van der Waals surface area contributed by atoms with Crippen LogP contribution < -0.4 is 11.1 Å². The first-order valence-corrected chi connectivity index (χ1v) is 9.47. The van der Waals surface area contributed by atoms with Gasteiger partial charge in [-0.1, -0.05) is 12.2 Å². The maximum absolute atomic E-state index is 12.4. The minimum atomic E-state index is -0.440. The highest BCUT2D eigenvalue weighted by molar-refractivity contribution is 6.04. The minimum absolute atomic E-state index is 0.00178. The van der Waals surface area contributed by atoms with Crippen LogP contribution in [0, 0.1) is 17.8 Å². The van der Waals surface area contributed by atoms with E-state index in [0.717, 1.165) is 42.6 Å². The van der Waals surface area contributed by atoms with E-state index >= 15 is 0 Å². The van der Waals surface area contributed by atoms with Crippen molar-refractivity contribution in [2.75, 3.05) is 11.9 Å². The Morgan fingerprint density at radius 2 is 2.08 bits per heavy atom. The maximum Gasteiger partial charge on any atom is 0.180 e. The van der Waals surface area contributed by atoms with Crippen molar-refractivity contribution in [3.63, 3.8) is 0 Å². The third kappa shape index (κ3) is 2.36. The number of Topliss-reactive ketones (excluding diaryl/α,β-unsaturated/α-hetero) is 1. The first-order chi connectivity index (χ1) is 12.1. The van der Waals surface area contributed by atoms with Crippen LogP contribution in [-0.2, 0) is 6.42 Å². The van der Waals surface area contributed by atoms with Crippen molar-refractivity contribution in [1.29, 1.82) is 0 Å². The molecule has 4 N–H and O–H groups in total. The Balaban J connectivity index is 1.51. The average molecular weight is 339 g/mol. The summed E-state index contributed by atoms with van der Waals surface area (Å²) in [6, 6.07) is 0.335. The first-order valence-electron chi connectivity index (χ1n) is 9.47. The Kier molecular flexibility index (Phi) is 3.35. The van der Waals surface area contributed by atoms with Gasteiger partial charge in [0.15, 0.2) is 5.78 Å². The molecule has 0 saturated heterocycles. The van der Waals surface area contributed by atoms with Gasteiger partial charge in [-0.2, -0.15) is 0 Å². The molecule has 5 aliphatic rings. The number of aliphatic hydroxyl groups is 1. The lowest BCUT2D eigenvalue weighted by Gasteiger charge is -2.58. The molecule has 4 fully saturated rings. The quantitative estimate of drug-likeness (QED) is 0.732. The molecule has 1 heterocycles. The van der Waals surface area contributed by atoms with E-state index in [1.807, 2.05) is 0 Å². The van der Waals surface area contributed by atoms with Gasteiger partial charge in [0, 0.05) is 24.2 Å². The molecule has 5 nitrogen and oxygen atoms in total. The van der Waals surface area contributed by atoms with Crippen LogP contribution in [0.2, 0.25) is 0 Å². The predicted octanol–water partition coefficient (Wildman–Crippen LogP) is 2.14. The monoisotopic (exact) mass is 339 g/mol. The fraction of sp³-hybridized carbons (Fsp3) is 0.600. The first kappa shape index (κ1) is 15.5. The largest absolute Gasteiger partial charge is 0.390 e. The van der Waals surface area contributed by atoms with Crippen LogP contribution >= 0.6 is 0 Å². The van der Waals surface area contributed by atoms with Crippen LogP contribution in [0.25, 0.3) is 6.08 Å². The highest BCUT2D eigenvalue weighted by atomic mass is 16.3. The van der Waals surface area contributed by atoms with Gasteiger partial charge in [-0.15, -0.1) is 0 Å². The van der Waals surface area contributed by atoms with Gasteiger partial charge < -0.3 is 16.2 Å². The summed E-state index contributed by atoms with van der Waals surface area (Å²) in [7, 11) is 0. The molecule has 25 heavy (non-hydrogen) atoms. The molecule has 132 valence electrons. The topological polar surface area (TPSA) is 88.2 Å². The van der Waals surface area contributed by atoms with Crippen molar-refractivity contribution >= 4 is 17.5 Å². The smallest absolute Gasteiger partial charge is 0.180 e. The molecule has 1 aromatic heterocycles. The predicted molar refractivity (Wildman–Crippen MR) is 96.3 cm³/mol. The van der Waals surface area contributed by atoms with E-state index in [1.54, 1.807) is 6.20 Å². The second-order valence-electron chi connectivity index (χ2n) is 8.51. The minimum Gasteiger partial charge on any atom is -0.390 e. The third-order valence-electron chi connectivity index (χ3n) is 6.83. The van der Waals surface area contributed by atoms with Crippen molar-refractivity contribution in [3.8, 4) is 0 Å². The van der Waals surface area contributed by atoms with Gasteiger partial charge in [0.1, 0.15) is 0 Å². The number of aromatic nitrogens is 1. The van der Waals surface area contributed by atoms with Gasteiger partial charge in [0.05, 0.1) is 29.1 Å². The molecule has 0 aliphatic heterocycles. The van der Waals surface area contributed by atoms with Crippen LogP contribution in [-0.4, -0.2) is 34.1 Å². The van der Waals surface area contributed by atoms with Crippen LogP contribution in [0.3, 0.4) is 0 Å². The van der Waals surface area contributed by atoms with Gasteiger partial charge in [-0.25, -0.2) is 0 Å². The summed E-state index contributed by atoms with van der Waals surface area (Å²) < 4.78 is 0. The molecule has 3 unspecified atom stereocenters. The number of allylic oxidation sites excluding steroid dienone is 1. The fourth-order valence-electron chi connectivity index (χ4n) is 6.06. The van der Waals surface area contributed by atoms with Gasteiger partial charge >= 0.3 is 0 Å². The van der Waals surface area contributed by atoms with Crippen molar-refractivity contribution in [2.24, 2.45) is 23.5 Å². The molecule has 0 spiro atoms. The second-order valence-corrected chi connectivity index (χ2v) is 8.51. The number of pyridine rings is 1. The number of nitrogens with zero attached hydrogens (tertiary/aromatic N) is 1. The summed E-state index contributed by atoms with van der Waals surface area (Å²) in [4.78, 5) is 16.8. The second kappa shape index (κ2) is 5.39. The molecular weight excluding hydrogens is 314 g/mol. The summed E-state index contributed by atoms with van der Waals surface area (Å²) >= 11 is 0. The lowest BCUT2D eigenvalue weighted by Crippen LogP contribution is -2.59. The lowest BCUT2D eigenvalue weighted by molar-refractivity contribution is -0.129. The number of anilines is 1. The summed E-state index contributed by atoms with van der Waals surface area (Å²) in [5.41, 5.74) is 8.79. The summed E-state index contributed by atoms with van der Waals surface area (Å²) in [5.74, 6) is 1.59. The van der Waals surface area contributed by atoms with E-state index in [-0.39, 0.29) is 12.3 Å². The molecule has 0 aromatic carbocycles. The van der Waals surface area contributed by atoms with Crippen molar-refractivity contribution < 1.29 is 9.90 Å². The Morgan fingerprint density at radius 1 is 1.32 bits per heavy atom. The summed E-state index contributed by atoms with van der Waals surface area (Å²) in [5, 5.41) is 14.5. The molecule has 1 aromatic rings. The van der Waals surface area contributed by atoms with E-state index in [1.165, 1.54) is 12.8 Å². The SMILES string of the molecule is NCC(=O)c1cnc2c(c1NC1[C@@H]3CC4C[C@H]1CC(O)(C4)C3)C=CC2. The maximum atomic E-state index is 12.4. The molecular formula is C20H25N3O2.